The number of aliphatic hydroxyl groups excluding tert-OH is 1. The summed E-state index contributed by atoms with van der Waals surface area (Å²) in [6.07, 6.45) is 5.80. The highest BCUT2D eigenvalue weighted by molar-refractivity contribution is 5.78. The highest BCUT2D eigenvalue weighted by Gasteiger charge is 2.17. The molecule has 1 amide bonds. The zero-order valence-corrected chi connectivity index (χ0v) is 13.8. The number of carbonyl (C=O) groups is 1. The maximum Gasteiger partial charge on any atom is 0.234 e. The van der Waals surface area contributed by atoms with Crippen molar-refractivity contribution in [2.24, 2.45) is 0 Å². The number of carbonyl (C=O) groups excluding carboxylic acids is 1. The van der Waals surface area contributed by atoms with Crippen molar-refractivity contribution >= 4 is 5.91 Å². The average molecular weight is 299 g/mol. The van der Waals surface area contributed by atoms with Crippen LogP contribution >= 0.6 is 0 Å². The molecule has 5 heteroatoms. The highest BCUT2D eigenvalue weighted by atomic mass is 16.3. The summed E-state index contributed by atoms with van der Waals surface area (Å²) in [4.78, 5) is 16.6. The molecule has 5 nitrogen and oxygen atoms in total. The van der Waals surface area contributed by atoms with E-state index < -0.39 is 0 Å². The highest BCUT2D eigenvalue weighted by Crippen LogP contribution is 2.04. The number of aliphatic hydroxyl groups is 1. The fraction of sp³-hybridized carbons (Fsp3) is 0.938. The monoisotopic (exact) mass is 299 g/mol. The van der Waals surface area contributed by atoms with Crippen LogP contribution in [0.1, 0.15) is 46.0 Å². The molecule has 0 aromatic heterocycles. The summed E-state index contributed by atoms with van der Waals surface area (Å²) in [6, 6.07) is 0.280. The Hall–Kier alpha value is -0.650. The minimum Gasteiger partial charge on any atom is -0.395 e. The average Bonchev–Trinajstić information content (AvgIpc) is 2.65. The summed E-state index contributed by atoms with van der Waals surface area (Å²) >= 11 is 0. The van der Waals surface area contributed by atoms with E-state index in [1.807, 2.05) is 0 Å². The van der Waals surface area contributed by atoms with Gasteiger partial charge in [0.1, 0.15) is 0 Å². The zero-order valence-electron chi connectivity index (χ0n) is 13.8. The van der Waals surface area contributed by atoms with Crippen molar-refractivity contribution in [1.82, 2.24) is 15.1 Å². The molecule has 1 aliphatic heterocycles. The lowest BCUT2D eigenvalue weighted by Gasteiger charge is -2.22. The SMILES string of the molecule is CCCCCC(C)NC(=O)CN1CCCN(CCO)CC1. The van der Waals surface area contributed by atoms with Gasteiger partial charge in [0.25, 0.3) is 0 Å². The van der Waals surface area contributed by atoms with Gasteiger partial charge in [0.05, 0.1) is 13.2 Å². The first-order valence-corrected chi connectivity index (χ1v) is 8.50. The van der Waals surface area contributed by atoms with E-state index in [4.69, 9.17) is 5.11 Å². The Bertz CT molecular complexity index is 287. The van der Waals surface area contributed by atoms with E-state index >= 15 is 0 Å². The van der Waals surface area contributed by atoms with Crippen LogP contribution in [0.5, 0.6) is 0 Å². The van der Waals surface area contributed by atoms with Gasteiger partial charge in [-0.1, -0.05) is 26.2 Å². The fourth-order valence-corrected chi connectivity index (χ4v) is 2.84. The van der Waals surface area contributed by atoms with E-state index in [0.717, 1.165) is 45.6 Å². The lowest BCUT2D eigenvalue weighted by atomic mass is 10.1. The van der Waals surface area contributed by atoms with Crippen molar-refractivity contribution in [3.63, 3.8) is 0 Å². The van der Waals surface area contributed by atoms with Crippen LogP contribution in [-0.4, -0.2) is 72.7 Å². The third kappa shape index (κ3) is 8.39. The van der Waals surface area contributed by atoms with Crippen molar-refractivity contribution < 1.29 is 9.90 Å². The Kier molecular flexibility index (Phi) is 9.63. The van der Waals surface area contributed by atoms with E-state index in [1.54, 1.807) is 0 Å². The summed E-state index contributed by atoms with van der Waals surface area (Å²) in [5.74, 6) is 0.148. The molecule has 1 atom stereocenters. The molecule has 0 aromatic rings. The second-order valence-electron chi connectivity index (χ2n) is 6.16. The molecule has 21 heavy (non-hydrogen) atoms. The van der Waals surface area contributed by atoms with Crippen LogP contribution in [0.2, 0.25) is 0 Å². The molecule has 1 rings (SSSR count). The molecular formula is C16H33N3O2. The van der Waals surface area contributed by atoms with Crippen LogP contribution in [0.3, 0.4) is 0 Å². The van der Waals surface area contributed by atoms with Gasteiger partial charge in [-0.25, -0.2) is 0 Å². The van der Waals surface area contributed by atoms with Gasteiger partial charge in [0.2, 0.25) is 5.91 Å². The third-order valence-corrected chi connectivity index (χ3v) is 4.11. The second kappa shape index (κ2) is 11.0. The molecule has 1 heterocycles. The molecule has 0 aromatic carbocycles. The number of amides is 1. The van der Waals surface area contributed by atoms with Crippen molar-refractivity contribution in [2.45, 2.75) is 52.0 Å². The number of nitrogens with one attached hydrogen (secondary N) is 1. The van der Waals surface area contributed by atoms with Gasteiger partial charge >= 0.3 is 0 Å². The summed E-state index contributed by atoms with van der Waals surface area (Å²) < 4.78 is 0. The molecular weight excluding hydrogens is 266 g/mol. The largest absolute Gasteiger partial charge is 0.395 e. The zero-order chi connectivity index (χ0) is 15.5. The molecule has 124 valence electrons. The molecule has 1 fully saturated rings. The second-order valence-corrected chi connectivity index (χ2v) is 6.16. The van der Waals surface area contributed by atoms with Crippen LogP contribution in [0.25, 0.3) is 0 Å². The molecule has 1 saturated heterocycles. The lowest BCUT2D eigenvalue weighted by Crippen LogP contribution is -2.42. The van der Waals surface area contributed by atoms with Crippen LogP contribution in [0.15, 0.2) is 0 Å². The number of nitrogens with zero attached hydrogens (tertiary/aromatic N) is 2. The minimum atomic E-state index is 0.148. The van der Waals surface area contributed by atoms with Gasteiger partial charge in [-0.05, 0) is 32.9 Å². The molecule has 0 spiro atoms. The third-order valence-electron chi connectivity index (χ3n) is 4.11. The topological polar surface area (TPSA) is 55.8 Å². The Morgan fingerprint density at radius 3 is 2.62 bits per heavy atom. The lowest BCUT2D eigenvalue weighted by molar-refractivity contribution is -0.122. The molecule has 0 aliphatic carbocycles. The van der Waals surface area contributed by atoms with Crippen molar-refractivity contribution in [1.29, 1.82) is 0 Å². The predicted octanol–water partition coefficient (Wildman–Crippen LogP) is 1.07. The van der Waals surface area contributed by atoms with Crippen LogP contribution < -0.4 is 5.32 Å². The number of β-amino-alcohol motifs (C(OH)–C–C–N with tert-alkyl or cyclic N) is 1. The molecule has 0 radical (unpaired) electrons. The minimum absolute atomic E-state index is 0.148. The standard InChI is InChI=1S/C16H33N3O2/c1-3-4-5-7-15(2)17-16(21)14-19-9-6-8-18(10-11-19)12-13-20/h15,20H,3-14H2,1-2H3,(H,17,21). The van der Waals surface area contributed by atoms with E-state index in [9.17, 15) is 4.79 Å². The van der Waals surface area contributed by atoms with Gasteiger partial charge in [-0.15, -0.1) is 0 Å². The van der Waals surface area contributed by atoms with Crippen molar-refractivity contribution in [3.8, 4) is 0 Å². The quantitative estimate of drug-likeness (QED) is 0.625. The maximum atomic E-state index is 12.1. The van der Waals surface area contributed by atoms with Gasteiger partial charge < -0.3 is 10.4 Å². The first kappa shape index (κ1) is 18.4. The Labute approximate surface area is 129 Å². The number of rotatable bonds is 9. The molecule has 1 unspecified atom stereocenters. The van der Waals surface area contributed by atoms with Crippen molar-refractivity contribution in [2.75, 3.05) is 45.9 Å². The van der Waals surface area contributed by atoms with E-state index in [1.165, 1.54) is 19.3 Å². The smallest absolute Gasteiger partial charge is 0.234 e. The fourth-order valence-electron chi connectivity index (χ4n) is 2.84. The van der Waals surface area contributed by atoms with Crippen LogP contribution in [0, 0.1) is 0 Å². The molecule has 0 bridgehead atoms. The molecule has 1 aliphatic rings. The number of hydrogen-bond acceptors (Lipinski definition) is 4. The number of unbranched alkanes of at least 4 members (excludes halogenated alkanes) is 2. The maximum absolute atomic E-state index is 12.1. The van der Waals surface area contributed by atoms with Gasteiger partial charge in [0.15, 0.2) is 0 Å². The van der Waals surface area contributed by atoms with Crippen LogP contribution in [-0.2, 0) is 4.79 Å². The van der Waals surface area contributed by atoms with E-state index in [2.05, 4.69) is 29.0 Å². The predicted molar refractivity (Wildman–Crippen MR) is 86.3 cm³/mol. The molecule has 0 saturated carbocycles. The summed E-state index contributed by atoms with van der Waals surface area (Å²) in [5, 5.41) is 12.1. The summed E-state index contributed by atoms with van der Waals surface area (Å²) in [7, 11) is 0. The van der Waals surface area contributed by atoms with E-state index in [0.29, 0.717) is 6.54 Å². The Morgan fingerprint density at radius 2 is 1.90 bits per heavy atom. The number of hydrogen-bond donors (Lipinski definition) is 2. The Morgan fingerprint density at radius 1 is 1.19 bits per heavy atom. The van der Waals surface area contributed by atoms with Gasteiger partial charge in [-0.3, -0.25) is 14.6 Å². The van der Waals surface area contributed by atoms with Crippen LogP contribution in [0.4, 0.5) is 0 Å². The normalized spacial score (nSPS) is 19.2. The summed E-state index contributed by atoms with van der Waals surface area (Å²) in [5.41, 5.74) is 0. The molecule has 2 N–H and O–H groups in total. The van der Waals surface area contributed by atoms with E-state index in [-0.39, 0.29) is 18.6 Å². The van der Waals surface area contributed by atoms with Gasteiger partial charge in [0, 0.05) is 25.7 Å². The first-order valence-electron chi connectivity index (χ1n) is 8.50. The first-order chi connectivity index (χ1) is 10.2. The summed E-state index contributed by atoms with van der Waals surface area (Å²) in [6.45, 7) is 9.61. The van der Waals surface area contributed by atoms with Gasteiger partial charge in [-0.2, -0.15) is 0 Å². The van der Waals surface area contributed by atoms with Crippen molar-refractivity contribution in [3.05, 3.63) is 0 Å². The Balaban J connectivity index is 2.21.